The van der Waals surface area contributed by atoms with Crippen LogP contribution in [0, 0.1) is 0 Å². The fourth-order valence-corrected chi connectivity index (χ4v) is 2.25. The Hall–Kier alpha value is -1.69. The maximum Gasteiger partial charge on any atom is 0.271 e. The van der Waals surface area contributed by atoms with Crippen molar-refractivity contribution in [1.29, 1.82) is 0 Å². The second kappa shape index (κ2) is 5.77. The van der Waals surface area contributed by atoms with E-state index >= 15 is 0 Å². The number of nitrogens with zero attached hydrogens (tertiary/aromatic N) is 1. The normalized spacial score (nSPS) is 23.6. The van der Waals surface area contributed by atoms with Gasteiger partial charge < -0.3 is 15.6 Å². The number of carbonyl (C=O) groups is 1. The molecule has 0 aliphatic heterocycles. The third-order valence-electron chi connectivity index (χ3n) is 3.38. The van der Waals surface area contributed by atoms with Gasteiger partial charge in [0.2, 0.25) is 0 Å². The predicted octanol–water partition coefficient (Wildman–Crippen LogP) is 0.0303. The van der Waals surface area contributed by atoms with Crippen LogP contribution in [0.25, 0.3) is 0 Å². The number of amides is 1. The van der Waals surface area contributed by atoms with Gasteiger partial charge in [0.25, 0.3) is 11.5 Å². The van der Waals surface area contributed by atoms with Crippen molar-refractivity contribution in [2.45, 2.75) is 37.8 Å². The summed E-state index contributed by atoms with van der Waals surface area (Å²) in [6.45, 7) is 0. The Balaban J connectivity index is 1.88. The molecule has 6 nitrogen and oxygen atoms in total. The molecular formula is C12H18N4O2. The van der Waals surface area contributed by atoms with Crippen molar-refractivity contribution in [3.63, 3.8) is 0 Å². The van der Waals surface area contributed by atoms with Crippen molar-refractivity contribution in [1.82, 2.24) is 20.6 Å². The lowest BCUT2D eigenvalue weighted by Gasteiger charge is -2.28. The van der Waals surface area contributed by atoms with E-state index in [9.17, 15) is 9.59 Å². The number of hydrogen-bond donors (Lipinski definition) is 3. The molecule has 1 aromatic rings. The monoisotopic (exact) mass is 250 g/mol. The molecule has 1 heterocycles. The number of H-pyrrole nitrogens is 1. The maximum atomic E-state index is 11.9. The van der Waals surface area contributed by atoms with Gasteiger partial charge in [-0.15, -0.1) is 0 Å². The van der Waals surface area contributed by atoms with Gasteiger partial charge in [-0.05, 0) is 32.7 Å². The van der Waals surface area contributed by atoms with Crippen LogP contribution in [0.3, 0.4) is 0 Å². The lowest BCUT2D eigenvalue weighted by molar-refractivity contribution is 0.0919. The van der Waals surface area contributed by atoms with Gasteiger partial charge in [-0.3, -0.25) is 9.59 Å². The summed E-state index contributed by atoms with van der Waals surface area (Å²) in [4.78, 5) is 29.0. The van der Waals surface area contributed by atoms with Crippen LogP contribution in [0.2, 0.25) is 0 Å². The number of nitrogens with one attached hydrogen (secondary N) is 3. The summed E-state index contributed by atoms with van der Waals surface area (Å²) in [5.41, 5.74) is -0.0496. The zero-order valence-electron chi connectivity index (χ0n) is 10.4. The average Bonchev–Trinajstić information content (AvgIpc) is 2.40. The van der Waals surface area contributed by atoms with Crippen LogP contribution in [0.5, 0.6) is 0 Å². The third kappa shape index (κ3) is 3.16. The van der Waals surface area contributed by atoms with Gasteiger partial charge in [0.1, 0.15) is 5.69 Å². The van der Waals surface area contributed by atoms with Gasteiger partial charge >= 0.3 is 0 Å². The van der Waals surface area contributed by atoms with Crippen LogP contribution in [0.1, 0.15) is 36.2 Å². The molecule has 3 N–H and O–H groups in total. The standard InChI is InChI=1S/C12H18N4O2/c1-13-8-2-4-9(5-3-8)16-12(18)10-6-15-11(17)7-14-10/h6-9,13H,2-5H2,1H3,(H,15,17)(H,16,18). The fourth-order valence-electron chi connectivity index (χ4n) is 2.25. The van der Waals surface area contributed by atoms with Crippen LogP contribution in [0.15, 0.2) is 17.2 Å². The van der Waals surface area contributed by atoms with Crippen molar-refractivity contribution in [3.05, 3.63) is 28.4 Å². The quantitative estimate of drug-likeness (QED) is 0.706. The minimum atomic E-state index is -0.305. The SMILES string of the molecule is CNC1CCC(NC(=O)c2c[nH]c(=O)cn2)CC1. The first kappa shape index (κ1) is 12.8. The third-order valence-corrected chi connectivity index (χ3v) is 3.38. The number of rotatable bonds is 3. The van der Waals surface area contributed by atoms with E-state index in [1.165, 1.54) is 6.20 Å². The van der Waals surface area contributed by atoms with E-state index < -0.39 is 0 Å². The topological polar surface area (TPSA) is 86.9 Å². The first-order valence-corrected chi connectivity index (χ1v) is 6.22. The molecule has 0 saturated heterocycles. The summed E-state index contributed by atoms with van der Waals surface area (Å²) in [5.74, 6) is -0.223. The number of aromatic amines is 1. The van der Waals surface area contributed by atoms with Crippen LogP contribution >= 0.6 is 0 Å². The van der Waals surface area contributed by atoms with E-state index in [1.54, 1.807) is 0 Å². The first-order chi connectivity index (χ1) is 8.69. The van der Waals surface area contributed by atoms with Crippen molar-refractivity contribution in [3.8, 4) is 0 Å². The maximum absolute atomic E-state index is 11.9. The molecule has 0 bridgehead atoms. The Labute approximate surface area is 105 Å². The van der Waals surface area contributed by atoms with Gasteiger partial charge in [0, 0.05) is 18.3 Å². The summed E-state index contributed by atoms with van der Waals surface area (Å²) in [6, 6.07) is 0.764. The molecule has 98 valence electrons. The fraction of sp³-hybridized carbons (Fsp3) is 0.583. The van der Waals surface area contributed by atoms with E-state index in [0.29, 0.717) is 6.04 Å². The summed E-state index contributed by atoms with van der Waals surface area (Å²) < 4.78 is 0. The lowest BCUT2D eigenvalue weighted by atomic mass is 9.91. The molecule has 0 unspecified atom stereocenters. The summed E-state index contributed by atoms with van der Waals surface area (Å²) in [5, 5.41) is 6.20. The highest BCUT2D eigenvalue weighted by molar-refractivity contribution is 5.92. The van der Waals surface area contributed by atoms with Crippen LogP contribution in [-0.2, 0) is 0 Å². The molecule has 2 rings (SSSR count). The zero-order valence-corrected chi connectivity index (χ0v) is 10.4. The van der Waals surface area contributed by atoms with Crippen LogP contribution in [-0.4, -0.2) is 35.0 Å². The van der Waals surface area contributed by atoms with E-state index in [2.05, 4.69) is 20.6 Å². The smallest absolute Gasteiger partial charge is 0.271 e. The molecular weight excluding hydrogens is 232 g/mol. The molecule has 6 heteroatoms. The van der Waals surface area contributed by atoms with Crippen LogP contribution < -0.4 is 16.2 Å². The molecule has 1 fully saturated rings. The minimum Gasteiger partial charge on any atom is -0.348 e. The van der Waals surface area contributed by atoms with Crippen molar-refractivity contribution < 1.29 is 4.79 Å². The Bertz CT molecular complexity index is 443. The van der Waals surface area contributed by atoms with Gasteiger partial charge in [-0.1, -0.05) is 0 Å². The van der Waals surface area contributed by atoms with Gasteiger partial charge in [0.15, 0.2) is 0 Å². The van der Waals surface area contributed by atoms with Crippen molar-refractivity contribution in [2.75, 3.05) is 7.05 Å². The highest BCUT2D eigenvalue weighted by Crippen LogP contribution is 2.18. The molecule has 1 aromatic heterocycles. The molecule has 0 spiro atoms. The number of hydrogen-bond acceptors (Lipinski definition) is 4. The first-order valence-electron chi connectivity index (χ1n) is 6.22. The summed E-state index contributed by atoms with van der Waals surface area (Å²) >= 11 is 0. The molecule has 18 heavy (non-hydrogen) atoms. The molecule has 1 saturated carbocycles. The Morgan fingerprint density at radius 2 is 2.00 bits per heavy atom. The van der Waals surface area contributed by atoms with Gasteiger partial charge in [-0.25, -0.2) is 4.98 Å². The highest BCUT2D eigenvalue weighted by Gasteiger charge is 2.21. The Morgan fingerprint density at radius 3 is 2.56 bits per heavy atom. The average molecular weight is 250 g/mol. The van der Waals surface area contributed by atoms with Gasteiger partial charge in [-0.2, -0.15) is 0 Å². The van der Waals surface area contributed by atoms with Gasteiger partial charge in [0.05, 0.1) is 6.20 Å². The Kier molecular flexibility index (Phi) is 4.09. The molecule has 1 aliphatic carbocycles. The molecule has 0 atom stereocenters. The predicted molar refractivity (Wildman–Crippen MR) is 67.4 cm³/mol. The van der Waals surface area contributed by atoms with E-state index in [-0.39, 0.29) is 23.2 Å². The number of aromatic nitrogens is 2. The molecule has 0 radical (unpaired) electrons. The highest BCUT2D eigenvalue weighted by atomic mass is 16.2. The van der Waals surface area contributed by atoms with Crippen molar-refractivity contribution in [2.24, 2.45) is 0 Å². The second-order valence-corrected chi connectivity index (χ2v) is 4.61. The van der Waals surface area contributed by atoms with E-state index in [1.807, 2.05) is 7.05 Å². The number of carbonyl (C=O) groups excluding carboxylic acids is 1. The summed E-state index contributed by atoms with van der Waals surface area (Å²) in [6.07, 6.45) is 6.55. The van der Waals surface area contributed by atoms with Crippen molar-refractivity contribution >= 4 is 5.91 Å². The largest absolute Gasteiger partial charge is 0.348 e. The minimum absolute atomic E-state index is 0.204. The second-order valence-electron chi connectivity index (χ2n) is 4.61. The summed E-state index contributed by atoms with van der Waals surface area (Å²) in [7, 11) is 1.97. The van der Waals surface area contributed by atoms with Crippen LogP contribution in [0.4, 0.5) is 0 Å². The Morgan fingerprint density at radius 1 is 1.33 bits per heavy atom. The molecule has 0 aromatic carbocycles. The molecule has 1 aliphatic rings. The lowest BCUT2D eigenvalue weighted by Crippen LogP contribution is -2.41. The zero-order chi connectivity index (χ0) is 13.0. The molecule has 1 amide bonds. The van der Waals surface area contributed by atoms with E-state index in [0.717, 1.165) is 31.9 Å². The van der Waals surface area contributed by atoms with E-state index in [4.69, 9.17) is 0 Å².